The van der Waals surface area contributed by atoms with Gasteiger partial charge in [-0.1, -0.05) is 41.4 Å². The third kappa shape index (κ3) is 4.65. The minimum Gasteiger partial charge on any atom is -0.488 e. The van der Waals surface area contributed by atoms with Crippen LogP contribution >= 0.6 is 23.2 Å². The number of nitrogens with two attached hydrogens (primary N) is 2. The highest BCUT2D eigenvalue weighted by molar-refractivity contribution is 6.42. The van der Waals surface area contributed by atoms with Gasteiger partial charge in [-0.15, -0.1) is 5.10 Å². The van der Waals surface area contributed by atoms with Crippen LogP contribution in [0, 0.1) is 0 Å². The molecule has 2 aromatic rings. The van der Waals surface area contributed by atoms with E-state index in [2.05, 4.69) is 10.2 Å². The molecule has 2 rings (SSSR count). The first-order chi connectivity index (χ1) is 10.6. The van der Waals surface area contributed by atoms with Crippen molar-refractivity contribution in [2.45, 2.75) is 6.61 Å². The van der Waals surface area contributed by atoms with Gasteiger partial charge in [0, 0.05) is 5.56 Å². The topological polar surface area (TPSA) is 86.0 Å². The Morgan fingerprint density at radius 2 is 1.86 bits per heavy atom. The van der Waals surface area contributed by atoms with Gasteiger partial charge in [0.05, 0.1) is 16.3 Å². The summed E-state index contributed by atoms with van der Waals surface area (Å²) >= 11 is 11.9. The molecular weight excluding hydrogens is 323 g/mol. The molecular formula is C15H14Cl2N4O. The van der Waals surface area contributed by atoms with Gasteiger partial charge in [0.2, 0.25) is 5.96 Å². The quantitative estimate of drug-likeness (QED) is 0.499. The number of guanidine groups is 1. The number of hydrogen-bond acceptors (Lipinski definition) is 3. The number of benzene rings is 2. The van der Waals surface area contributed by atoms with E-state index in [1.165, 1.54) is 6.21 Å². The van der Waals surface area contributed by atoms with E-state index in [9.17, 15) is 0 Å². The van der Waals surface area contributed by atoms with E-state index in [1.807, 2.05) is 30.3 Å². The van der Waals surface area contributed by atoms with E-state index in [0.717, 1.165) is 11.1 Å². The molecule has 114 valence electrons. The predicted octanol–water partition coefficient (Wildman–Crippen LogP) is 3.18. The largest absolute Gasteiger partial charge is 0.488 e. The maximum absolute atomic E-state index is 5.98. The molecule has 7 heteroatoms. The predicted molar refractivity (Wildman–Crippen MR) is 90.6 cm³/mol. The van der Waals surface area contributed by atoms with Crippen molar-refractivity contribution < 1.29 is 4.74 Å². The maximum Gasteiger partial charge on any atom is 0.211 e. The molecule has 0 aromatic heterocycles. The number of nitrogens with zero attached hydrogens (tertiary/aromatic N) is 2. The summed E-state index contributed by atoms with van der Waals surface area (Å²) in [5.41, 5.74) is 12.1. The van der Waals surface area contributed by atoms with Crippen molar-refractivity contribution in [1.82, 2.24) is 0 Å². The Morgan fingerprint density at radius 1 is 1.09 bits per heavy atom. The van der Waals surface area contributed by atoms with E-state index in [1.54, 1.807) is 12.1 Å². The average molecular weight is 337 g/mol. The van der Waals surface area contributed by atoms with Crippen molar-refractivity contribution in [2.24, 2.45) is 21.7 Å². The molecule has 0 saturated carbocycles. The van der Waals surface area contributed by atoms with Crippen LogP contribution in [0.25, 0.3) is 0 Å². The Bertz CT molecular complexity index is 712. The summed E-state index contributed by atoms with van der Waals surface area (Å²) in [6.45, 7) is 0.351. The molecule has 0 saturated heterocycles. The highest BCUT2D eigenvalue weighted by Gasteiger charge is 2.03. The second kappa shape index (κ2) is 7.68. The zero-order chi connectivity index (χ0) is 15.9. The van der Waals surface area contributed by atoms with Crippen LogP contribution in [0.2, 0.25) is 10.0 Å². The summed E-state index contributed by atoms with van der Waals surface area (Å²) in [6, 6.07) is 12.7. The maximum atomic E-state index is 5.98. The first-order valence-corrected chi connectivity index (χ1v) is 7.09. The van der Waals surface area contributed by atoms with Gasteiger partial charge in [-0.25, -0.2) is 0 Å². The van der Waals surface area contributed by atoms with Crippen molar-refractivity contribution >= 4 is 35.4 Å². The Labute approximate surface area is 138 Å². The van der Waals surface area contributed by atoms with Crippen LogP contribution < -0.4 is 16.2 Å². The van der Waals surface area contributed by atoms with Crippen molar-refractivity contribution in [3.05, 3.63) is 63.6 Å². The lowest BCUT2D eigenvalue weighted by Gasteiger charge is -2.09. The fourth-order valence-electron chi connectivity index (χ4n) is 1.67. The minimum atomic E-state index is -0.106. The summed E-state index contributed by atoms with van der Waals surface area (Å²) in [7, 11) is 0. The second-order valence-corrected chi connectivity index (χ2v) is 5.16. The summed E-state index contributed by atoms with van der Waals surface area (Å²) in [5.74, 6) is 0.550. The molecule has 22 heavy (non-hydrogen) atoms. The summed E-state index contributed by atoms with van der Waals surface area (Å²) < 4.78 is 5.77. The normalized spacial score (nSPS) is 10.6. The number of rotatable bonds is 5. The van der Waals surface area contributed by atoms with E-state index in [4.69, 9.17) is 39.4 Å². The Kier molecular flexibility index (Phi) is 5.63. The van der Waals surface area contributed by atoms with Gasteiger partial charge in [0.15, 0.2) is 0 Å². The fraction of sp³-hybridized carbons (Fsp3) is 0.0667. The number of ether oxygens (including phenoxy) is 1. The van der Waals surface area contributed by atoms with Gasteiger partial charge in [0.25, 0.3) is 0 Å². The second-order valence-electron chi connectivity index (χ2n) is 4.34. The van der Waals surface area contributed by atoms with E-state index in [-0.39, 0.29) is 5.96 Å². The van der Waals surface area contributed by atoms with Crippen molar-refractivity contribution in [3.63, 3.8) is 0 Å². The molecule has 0 unspecified atom stereocenters. The van der Waals surface area contributed by atoms with Crippen LogP contribution in [0.15, 0.2) is 52.7 Å². The van der Waals surface area contributed by atoms with Crippen molar-refractivity contribution in [3.8, 4) is 5.75 Å². The van der Waals surface area contributed by atoms with Gasteiger partial charge in [-0.3, -0.25) is 0 Å². The van der Waals surface area contributed by atoms with E-state index < -0.39 is 0 Å². The summed E-state index contributed by atoms with van der Waals surface area (Å²) in [4.78, 5) is 0. The van der Waals surface area contributed by atoms with Crippen LogP contribution in [-0.2, 0) is 6.61 Å². The molecule has 0 aliphatic carbocycles. The zero-order valence-corrected chi connectivity index (χ0v) is 13.1. The molecule has 0 spiro atoms. The first-order valence-electron chi connectivity index (χ1n) is 6.34. The van der Waals surface area contributed by atoms with Gasteiger partial charge in [-0.2, -0.15) is 5.10 Å². The summed E-state index contributed by atoms with van der Waals surface area (Å²) in [6.07, 6.45) is 1.52. The van der Waals surface area contributed by atoms with Crippen LogP contribution in [0.5, 0.6) is 5.75 Å². The standard InChI is InChI=1S/C15H14Cl2N4O/c16-12-6-5-10(7-13(12)17)9-22-14-4-2-1-3-11(14)8-20-21-15(18)19/h1-8H,9H2,(H4,18,19,21). The lowest BCUT2D eigenvalue weighted by Crippen LogP contribution is -2.21. The molecule has 0 aliphatic heterocycles. The molecule has 2 aromatic carbocycles. The number of hydrogen-bond donors (Lipinski definition) is 2. The minimum absolute atomic E-state index is 0.106. The molecule has 0 aliphatic rings. The van der Waals surface area contributed by atoms with Crippen molar-refractivity contribution in [2.75, 3.05) is 0 Å². The molecule has 0 radical (unpaired) electrons. The van der Waals surface area contributed by atoms with Gasteiger partial charge in [0.1, 0.15) is 12.4 Å². The number of para-hydroxylation sites is 1. The van der Waals surface area contributed by atoms with Crippen LogP contribution in [0.3, 0.4) is 0 Å². The molecule has 0 fully saturated rings. The average Bonchev–Trinajstić information content (AvgIpc) is 2.49. The number of halogens is 2. The molecule has 4 N–H and O–H groups in total. The Hall–Kier alpha value is -2.24. The molecule has 0 amide bonds. The third-order valence-electron chi connectivity index (χ3n) is 2.67. The first kappa shape index (κ1) is 16.1. The van der Waals surface area contributed by atoms with Crippen LogP contribution in [0.1, 0.15) is 11.1 Å². The van der Waals surface area contributed by atoms with Gasteiger partial charge < -0.3 is 16.2 Å². The summed E-state index contributed by atoms with van der Waals surface area (Å²) in [5, 5.41) is 8.33. The SMILES string of the molecule is NC(N)=NN=Cc1ccccc1OCc1ccc(Cl)c(Cl)c1. The smallest absolute Gasteiger partial charge is 0.211 e. The van der Waals surface area contributed by atoms with Crippen LogP contribution in [-0.4, -0.2) is 12.2 Å². The van der Waals surface area contributed by atoms with Gasteiger partial charge >= 0.3 is 0 Å². The van der Waals surface area contributed by atoms with E-state index in [0.29, 0.717) is 22.4 Å². The lowest BCUT2D eigenvalue weighted by atomic mass is 10.2. The van der Waals surface area contributed by atoms with Crippen LogP contribution in [0.4, 0.5) is 0 Å². The molecule has 0 atom stereocenters. The third-order valence-corrected chi connectivity index (χ3v) is 3.41. The monoisotopic (exact) mass is 336 g/mol. The molecule has 0 heterocycles. The lowest BCUT2D eigenvalue weighted by molar-refractivity contribution is 0.306. The fourth-order valence-corrected chi connectivity index (χ4v) is 1.99. The highest BCUT2D eigenvalue weighted by atomic mass is 35.5. The molecule has 0 bridgehead atoms. The Morgan fingerprint density at radius 3 is 2.59 bits per heavy atom. The van der Waals surface area contributed by atoms with E-state index >= 15 is 0 Å². The highest BCUT2D eigenvalue weighted by Crippen LogP contribution is 2.24. The Balaban J connectivity index is 2.11. The van der Waals surface area contributed by atoms with Crippen molar-refractivity contribution in [1.29, 1.82) is 0 Å². The zero-order valence-electron chi connectivity index (χ0n) is 11.5. The molecule has 5 nitrogen and oxygen atoms in total. The van der Waals surface area contributed by atoms with Gasteiger partial charge in [-0.05, 0) is 29.8 Å².